The Labute approximate surface area is 117 Å². The second kappa shape index (κ2) is 6.30. The fraction of sp³-hybridized carbons (Fsp3) is 0.188. The fourth-order valence-corrected chi connectivity index (χ4v) is 2.04. The number of hydrogen-bond acceptors (Lipinski definition) is 2. The molecule has 104 valence electrons. The summed E-state index contributed by atoms with van der Waals surface area (Å²) >= 11 is 0. The number of halogens is 1. The highest BCUT2D eigenvalue weighted by Gasteiger charge is 2.11. The molecule has 2 N–H and O–H groups in total. The molecule has 0 bridgehead atoms. The first kappa shape index (κ1) is 14.2. The molecule has 0 saturated carbocycles. The van der Waals surface area contributed by atoms with E-state index in [1.165, 1.54) is 12.1 Å². The van der Waals surface area contributed by atoms with Crippen LogP contribution in [0.2, 0.25) is 0 Å². The summed E-state index contributed by atoms with van der Waals surface area (Å²) < 4.78 is 13.2. The number of carboxylic acid groups (broad SMARTS) is 1. The molecular weight excluding hydrogens is 257 g/mol. The van der Waals surface area contributed by atoms with E-state index in [9.17, 15) is 9.18 Å². The highest BCUT2D eigenvalue weighted by Crippen LogP contribution is 2.15. The Morgan fingerprint density at radius 3 is 2.70 bits per heavy atom. The molecule has 2 rings (SSSR count). The second-order valence-corrected chi connectivity index (χ2v) is 4.62. The van der Waals surface area contributed by atoms with Crippen molar-refractivity contribution in [3.05, 3.63) is 71.0 Å². The third kappa shape index (κ3) is 3.42. The summed E-state index contributed by atoms with van der Waals surface area (Å²) in [4.78, 5) is 11.1. The van der Waals surface area contributed by atoms with Gasteiger partial charge in [0.25, 0.3) is 0 Å². The third-order valence-electron chi connectivity index (χ3n) is 3.20. The molecule has 0 aliphatic heterocycles. The Morgan fingerprint density at radius 2 is 2.00 bits per heavy atom. The third-order valence-corrected chi connectivity index (χ3v) is 3.20. The van der Waals surface area contributed by atoms with Gasteiger partial charge in [0.1, 0.15) is 5.82 Å². The maximum Gasteiger partial charge on any atom is 0.336 e. The van der Waals surface area contributed by atoms with E-state index in [2.05, 4.69) is 5.32 Å². The van der Waals surface area contributed by atoms with Crippen molar-refractivity contribution in [3.8, 4) is 0 Å². The number of carbonyl (C=O) groups is 1. The molecule has 0 spiro atoms. The lowest BCUT2D eigenvalue weighted by atomic mass is 10.1. The van der Waals surface area contributed by atoms with Crippen LogP contribution < -0.4 is 5.32 Å². The summed E-state index contributed by atoms with van der Waals surface area (Å²) in [5.74, 6) is -1.22. The number of hydrogen-bond donors (Lipinski definition) is 2. The predicted molar refractivity (Wildman–Crippen MR) is 75.1 cm³/mol. The molecule has 0 heterocycles. The van der Waals surface area contributed by atoms with Gasteiger partial charge in [-0.05, 0) is 36.2 Å². The largest absolute Gasteiger partial charge is 0.478 e. The second-order valence-electron chi connectivity index (χ2n) is 4.62. The van der Waals surface area contributed by atoms with E-state index in [1.54, 1.807) is 30.3 Å². The minimum absolute atomic E-state index is 0.0625. The van der Waals surface area contributed by atoms with Crippen LogP contribution in [0.1, 0.15) is 34.5 Å². The van der Waals surface area contributed by atoms with Crippen LogP contribution in [0.5, 0.6) is 0 Å². The summed E-state index contributed by atoms with van der Waals surface area (Å²) in [5.41, 5.74) is 1.83. The number of aromatic carboxylic acids is 1. The number of carboxylic acids is 1. The van der Waals surface area contributed by atoms with Gasteiger partial charge in [0, 0.05) is 12.6 Å². The predicted octanol–water partition coefficient (Wildman–Crippen LogP) is 3.37. The van der Waals surface area contributed by atoms with Crippen LogP contribution in [0.3, 0.4) is 0 Å². The van der Waals surface area contributed by atoms with Gasteiger partial charge in [0.05, 0.1) is 5.56 Å². The lowest BCUT2D eigenvalue weighted by Crippen LogP contribution is -2.19. The van der Waals surface area contributed by atoms with E-state index < -0.39 is 5.97 Å². The van der Waals surface area contributed by atoms with E-state index in [4.69, 9.17) is 5.11 Å². The summed E-state index contributed by atoms with van der Waals surface area (Å²) in [6.45, 7) is 2.33. The van der Waals surface area contributed by atoms with Crippen molar-refractivity contribution in [2.45, 2.75) is 19.5 Å². The molecule has 2 aromatic carbocycles. The van der Waals surface area contributed by atoms with Crippen molar-refractivity contribution in [2.75, 3.05) is 0 Å². The van der Waals surface area contributed by atoms with Crippen molar-refractivity contribution < 1.29 is 14.3 Å². The normalized spacial score (nSPS) is 12.1. The molecule has 0 unspecified atom stereocenters. The van der Waals surface area contributed by atoms with Gasteiger partial charge >= 0.3 is 5.97 Å². The quantitative estimate of drug-likeness (QED) is 0.878. The molecule has 0 aromatic heterocycles. The number of nitrogens with one attached hydrogen (secondary N) is 1. The zero-order valence-corrected chi connectivity index (χ0v) is 11.1. The topological polar surface area (TPSA) is 49.3 Å². The van der Waals surface area contributed by atoms with Crippen LogP contribution in [0, 0.1) is 5.82 Å². The first-order chi connectivity index (χ1) is 9.58. The van der Waals surface area contributed by atoms with Gasteiger partial charge in [-0.3, -0.25) is 0 Å². The molecule has 3 nitrogen and oxygen atoms in total. The summed E-state index contributed by atoms with van der Waals surface area (Å²) in [5, 5.41) is 12.3. The van der Waals surface area contributed by atoms with E-state index in [-0.39, 0.29) is 17.4 Å². The minimum atomic E-state index is -0.944. The molecule has 0 aliphatic carbocycles. The van der Waals surface area contributed by atoms with E-state index in [1.807, 2.05) is 13.0 Å². The average Bonchev–Trinajstić information content (AvgIpc) is 2.45. The van der Waals surface area contributed by atoms with E-state index >= 15 is 0 Å². The molecule has 0 amide bonds. The van der Waals surface area contributed by atoms with Crippen molar-refractivity contribution in [1.29, 1.82) is 0 Å². The molecule has 1 atom stereocenters. The van der Waals surface area contributed by atoms with Gasteiger partial charge in [0.2, 0.25) is 0 Å². The fourth-order valence-electron chi connectivity index (χ4n) is 2.04. The zero-order chi connectivity index (χ0) is 14.5. The van der Waals surface area contributed by atoms with E-state index in [0.717, 1.165) is 5.56 Å². The zero-order valence-electron chi connectivity index (χ0n) is 11.1. The van der Waals surface area contributed by atoms with Gasteiger partial charge in [-0.15, -0.1) is 0 Å². The van der Waals surface area contributed by atoms with Crippen LogP contribution in [-0.2, 0) is 6.54 Å². The van der Waals surface area contributed by atoms with Gasteiger partial charge < -0.3 is 10.4 Å². The van der Waals surface area contributed by atoms with E-state index in [0.29, 0.717) is 12.1 Å². The summed E-state index contributed by atoms with van der Waals surface area (Å²) in [6.07, 6.45) is 0. The Morgan fingerprint density at radius 1 is 1.25 bits per heavy atom. The van der Waals surface area contributed by atoms with Crippen molar-refractivity contribution in [2.24, 2.45) is 0 Å². The highest BCUT2D eigenvalue weighted by atomic mass is 19.1. The average molecular weight is 273 g/mol. The first-order valence-electron chi connectivity index (χ1n) is 6.38. The Hall–Kier alpha value is -2.20. The molecule has 0 fully saturated rings. The van der Waals surface area contributed by atoms with Crippen molar-refractivity contribution in [3.63, 3.8) is 0 Å². The van der Waals surface area contributed by atoms with Gasteiger partial charge in [-0.1, -0.05) is 30.3 Å². The van der Waals surface area contributed by atoms with Crippen LogP contribution in [0.15, 0.2) is 48.5 Å². The van der Waals surface area contributed by atoms with Crippen LogP contribution >= 0.6 is 0 Å². The molecule has 20 heavy (non-hydrogen) atoms. The molecular formula is C16H16FNO2. The number of benzene rings is 2. The lowest BCUT2D eigenvalue weighted by molar-refractivity contribution is 0.0695. The van der Waals surface area contributed by atoms with Crippen molar-refractivity contribution >= 4 is 5.97 Å². The van der Waals surface area contributed by atoms with Gasteiger partial charge in [-0.2, -0.15) is 0 Å². The summed E-state index contributed by atoms with van der Waals surface area (Å²) in [7, 11) is 0. The highest BCUT2D eigenvalue weighted by molar-refractivity contribution is 5.89. The standard InChI is InChI=1S/C16H16FNO2/c1-11(12-6-4-7-14(17)9-12)18-10-13-5-2-3-8-15(13)16(19)20/h2-9,11,18H,10H2,1H3,(H,19,20)/t11-/m1/s1. The molecule has 0 radical (unpaired) electrons. The molecule has 2 aromatic rings. The summed E-state index contributed by atoms with van der Waals surface area (Å²) in [6, 6.07) is 13.2. The van der Waals surface area contributed by atoms with Crippen LogP contribution in [0.4, 0.5) is 4.39 Å². The number of rotatable bonds is 5. The Kier molecular flexibility index (Phi) is 4.48. The molecule has 0 aliphatic rings. The van der Waals surface area contributed by atoms with Crippen LogP contribution in [0.25, 0.3) is 0 Å². The first-order valence-corrected chi connectivity index (χ1v) is 6.38. The lowest BCUT2D eigenvalue weighted by Gasteiger charge is -2.15. The maximum absolute atomic E-state index is 13.2. The van der Waals surface area contributed by atoms with Gasteiger partial charge in [0.15, 0.2) is 0 Å². The van der Waals surface area contributed by atoms with Crippen molar-refractivity contribution in [1.82, 2.24) is 5.32 Å². The Bertz CT molecular complexity index is 613. The monoisotopic (exact) mass is 273 g/mol. The van der Waals surface area contributed by atoms with Gasteiger partial charge in [-0.25, -0.2) is 9.18 Å². The SMILES string of the molecule is C[C@@H](NCc1ccccc1C(=O)O)c1cccc(F)c1. The minimum Gasteiger partial charge on any atom is -0.478 e. The van der Waals surface area contributed by atoms with Crippen LogP contribution in [-0.4, -0.2) is 11.1 Å². The maximum atomic E-state index is 13.2. The Balaban J connectivity index is 2.07. The smallest absolute Gasteiger partial charge is 0.336 e. The molecule has 4 heteroatoms. The molecule has 0 saturated heterocycles.